The zero-order valence-electron chi connectivity index (χ0n) is 12.6. The van der Waals surface area contributed by atoms with Crippen LogP contribution in [0.15, 0.2) is 36.5 Å². The second-order valence-corrected chi connectivity index (χ2v) is 3.12. The van der Waals surface area contributed by atoms with Gasteiger partial charge in [0.1, 0.15) is 0 Å². The third kappa shape index (κ3) is 9.76. The van der Waals surface area contributed by atoms with Crippen LogP contribution in [0.1, 0.15) is 61.3 Å². The monoisotopic (exact) mass is 224 g/mol. The molecule has 0 aromatic heterocycles. The van der Waals surface area contributed by atoms with Gasteiger partial charge < -0.3 is 0 Å². The molecule has 0 aliphatic carbocycles. The molecule has 0 saturated carbocycles. The van der Waals surface area contributed by atoms with Gasteiger partial charge in [-0.25, -0.2) is 0 Å². The fourth-order valence-electron chi connectivity index (χ4n) is 1.18. The van der Waals surface area contributed by atoms with Gasteiger partial charge >= 0.3 is 0 Å². The minimum absolute atomic E-state index is 0.607. The van der Waals surface area contributed by atoms with Gasteiger partial charge in [-0.05, 0) is 24.3 Å². The predicted molar refractivity (Wildman–Crippen MR) is 79.9 cm³/mol. The molecule has 0 aliphatic heterocycles. The summed E-state index contributed by atoms with van der Waals surface area (Å²) >= 11 is 0. The van der Waals surface area contributed by atoms with Crippen LogP contribution < -0.4 is 0 Å². The largest absolute Gasteiger partial charge is 0.0991 e. The van der Waals surface area contributed by atoms with E-state index in [0.29, 0.717) is 5.92 Å². The molecule has 0 heterocycles. The van der Waals surface area contributed by atoms with Gasteiger partial charge in [-0.15, -0.1) is 0 Å². The van der Waals surface area contributed by atoms with Crippen molar-refractivity contribution in [3.63, 3.8) is 0 Å². The molecule has 16 heavy (non-hydrogen) atoms. The zero-order valence-corrected chi connectivity index (χ0v) is 12.6. The van der Waals surface area contributed by atoms with E-state index in [9.17, 15) is 0 Å². The Bertz CT molecular complexity index is 184. The van der Waals surface area contributed by atoms with Crippen LogP contribution >= 0.6 is 0 Å². The first-order valence-corrected chi connectivity index (χ1v) is 6.68. The molecule has 96 valence electrons. The van der Waals surface area contributed by atoms with Crippen LogP contribution in [0.2, 0.25) is 0 Å². The van der Waals surface area contributed by atoms with Crippen LogP contribution in [0, 0.1) is 5.92 Å². The molecule has 0 amide bonds. The molecule has 0 aromatic rings. The molecule has 0 aliphatic rings. The topological polar surface area (TPSA) is 0 Å². The average molecular weight is 224 g/mol. The molecule has 1 unspecified atom stereocenters. The lowest BCUT2D eigenvalue weighted by molar-refractivity contribution is 0.657. The summed E-state index contributed by atoms with van der Waals surface area (Å²) in [6.45, 7) is 22.3. The summed E-state index contributed by atoms with van der Waals surface area (Å²) < 4.78 is 0. The fraction of sp³-hybridized carbons (Fsp3) is 0.625. The van der Waals surface area contributed by atoms with Crippen molar-refractivity contribution in [1.29, 1.82) is 0 Å². The van der Waals surface area contributed by atoms with Gasteiger partial charge in [0, 0.05) is 0 Å². The van der Waals surface area contributed by atoms with Crippen LogP contribution in [-0.2, 0) is 0 Å². The van der Waals surface area contributed by atoms with Crippen molar-refractivity contribution < 1.29 is 0 Å². The van der Waals surface area contributed by atoms with Crippen molar-refractivity contribution >= 4 is 0 Å². The standard InChI is InChI=1S/C12H20.2C2H6/c1-6-9-12(10(4)7-2)11(5)8-3;2*1-2/h6,9,11H,1,4,7-8H2,2-3,5H3;2*1-2H3/b12-9+;;. The van der Waals surface area contributed by atoms with Gasteiger partial charge in [-0.3, -0.25) is 0 Å². The number of hydrogen-bond acceptors (Lipinski definition) is 0. The molecule has 0 radical (unpaired) electrons. The lowest BCUT2D eigenvalue weighted by Gasteiger charge is -2.14. The fourth-order valence-corrected chi connectivity index (χ4v) is 1.18. The van der Waals surface area contributed by atoms with Gasteiger partial charge in [0.2, 0.25) is 0 Å². The first kappa shape index (κ1) is 20.6. The van der Waals surface area contributed by atoms with Crippen LogP contribution in [0.4, 0.5) is 0 Å². The summed E-state index contributed by atoms with van der Waals surface area (Å²) in [5.74, 6) is 0.607. The molecule has 0 heteroatoms. The highest BCUT2D eigenvalue weighted by Crippen LogP contribution is 2.23. The Morgan fingerprint density at radius 1 is 1.12 bits per heavy atom. The maximum atomic E-state index is 4.05. The van der Waals surface area contributed by atoms with E-state index in [1.54, 1.807) is 0 Å². The molecule has 0 saturated heterocycles. The maximum Gasteiger partial charge on any atom is -0.0191 e. The highest BCUT2D eigenvalue weighted by atomic mass is 14.1. The Morgan fingerprint density at radius 3 is 1.81 bits per heavy atom. The number of rotatable bonds is 5. The lowest BCUT2D eigenvalue weighted by Crippen LogP contribution is -1.99. The van der Waals surface area contributed by atoms with E-state index in [1.807, 2.05) is 33.8 Å². The molecule has 1 atom stereocenters. The Kier molecular flexibility index (Phi) is 21.4. The van der Waals surface area contributed by atoms with E-state index in [1.165, 1.54) is 17.6 Å². The molecule has 0 nitrogen and oxygen atoms in total. The van der Waals surface area contributed by atoms with Crippen molar-refractivity contribution in [3.8, 4) is 0 Å². The Hall–Kier alpha value is -0.780. The van der Waals surface area contributed by atoms with Crippen LogP contribution in [0.5, 0.6) is 0 Å². The van der Waals surface area contributed by atoms with E-state index in [0.717, 1.165) is 6.42 Å². The first-order chi connectivity index (χ1) is 7.67. The summed E-state index contributed by atoms with van der Waals surface area (Å²) in [6.07, 6.45) is 6.13. The van der Waals surface area contributed by atoms with Gasteiger partial charge in [-0.1, -0.05) is 79.3 Å². The van der Waals surface area contributed by atoms with Crippen molar-refractivity contribution in [1.82, 2.24) is 0 Å². The van der Waals surface area contributed by atoms with Crippen LogP contribution in [0.3, 0.4) is 0 Å². The molecular formula is C16H32. The summed E-state index contributed by atoms with van der Waals surface area (Å²) in [6, 6.07) is 0. The normalized spacial score (nSPS) is 11.3. The lowest BCUT2D eigenvalue weighted by atomic mass is 9.91. The third-order valence-electron chi connectivity index (χ3n) is 2.28. The molecule has 0 fully saturated rings. The number of allylic oxidation sites excluding steroid dienone is 4. The van der Waals surface area contributed by atoms with Crippen molar-refractivity contribution in [2.45, 2.75) is 61.3 Å². The van der Waals surface area contributed by atoms with Gasteiger partial charge in [-0.2, -0.15) is 0 Å². The summed E-state index contributed by atoms with van der Waals surface area (Å²) in [5.41, 5.74) is 2.60. The minimum atomic E-state index is 0.607. The Labute approximate surface area is 104 Å². The van der Waals surface area contributed by atoms with E-state index >= 15 is 0 Å². The molecular weight excluding hydrogens is 192 g/mol. The SMILES string of the molecule is C=C/C=C(\C(=C)CC)C(C)CC.CC.CC. The third-order valence-corrected chi connectivity index (χ3v) is 2.28. The average Bonchev–Trinajstić information content (AvgIpc) is 2.38. The van der Waals surface area contributed by atoms with Crippen LogP contribution in [0.25, 0.3) is 0 Å². The summed E-state index contributed by atoms with van der Waals surface area (Å²) in [7, 11) is 0. The Balaban J connectivity index is -0.000000376. The second-order valence-electron chi connectivity index (χ2n) is 3.12. The quantitative estimate of drug-likeness (QED) is 0.490. The van der Waals surface area contributed by atoms with Crippen molar-refractivity contribution in [2.75, 3.05) is 0 Å². The van der Waals surface area contributed by atoms with E-state index in [2.05, 4.69) is 40.0 Å². The first-order valence-electron chi connectivity index (χ1n) is 6.68. The van der Waals surface area contributed by atoms with Crippen molar-refractivity contribution in [3.05, 3.63) is 36.5 Å². The van der Waals surface area contributed by atoms with E-state index in [-0.39, 0.29) is 0 Å². The van der Waals surface area contributed by atoms with Gasteiger partial charge in [0.15, 0.2) is 0 Å². The molecule has 0 aromatic carbocycles. The maximum absolute atomic E-state index is 4.05. The van der Waals surface area contributed by atoms with E-state index in [4.69, 9.17) is 0 Å². The molecule has 0 spiro atoms. The van der Waals surface area contributed by atoms with Crippen molar-refractivity contribution in [2.24, 2.45) is 5.92 Å². The highest BCUT2D eigenvalue weighted by molar-refractivity contribution is 5.32. The summed E-state index contributed by atoms with van der Waals surface area (Å²) in [5, 5.41) is 0. The zero-order chi connectivity index (χ0) is 13.6. The molecule has 0 N–H and O–H groups in total. The minimum Gasteiger partial charge on any atom is -0.0991 e. The second kappa shape index (κ2) is 16.6. The van der Waals surface area contributed by atoms with Crippen LogP contribution in [-0.4, -0.2) is 0 Å². The van der Waals surface area contributed by atoms with Gasteiger partial charge in [0.05, 0.1) is 0 Å². The van der Waals surface area contributed by atoms with E-state index < -0.39 is 0 Å². The molecule has 0 bridgehead atoms. The smallest absolute Gasteiger partial charge is 0.0191 e. The Morgan fingerprint density at radius 2 is 1.56 bits per heavy atom. The summed E-state index contributed by atoms with van der Waals surface area (Å²) in [4.78, 5) is 0. The molecule has 0 rings (SSSR count). The predicted octanol–water partition coefficient (Wildman–Crippen LogP) is 6.16. The highest BCUT2D eigenvalue weighted by Gasteiger charge is 2.07. The number of hydrogen-bond donors (Lipinski definition) is 0. The van der Waals surface area contributed by atoms with Gasteiger partial charge in [0.25, 0.3) is 0 Å².